The van der Waals surface area contributed by atoms with Crippen LogP contribution in [-0.2, 0) is 13.1 Å². The Morgan fingerprint density at radius 1 is 1.05 bits per heavy atom. The Labute approximate surface area is 155 Å². The van der Waals surface area contributed by atoms with Crippen LogP contribution in [0.2, 0.25) is 0 Å². The number of nitrogens with zero attached hydrogens (tertiary/aromatic N) is 1. The van der Waals surface area contributed by atoms with Crippen LogP contribution < -0.4 is 10.6 Å². The van der Waals surface area contributed by atoms with Gasteiger partial charge in [0.1, 0.15) is 5.82 Å². The summed E-state index contributed by atoms with van der Waals surface area (Å²) < 4.78 is 14.2. The molecular formula is C16H18BrFIN3. The van der Waals surface area contributed by atoms with Gasteiger partial charge < -0.3 is 10.6 Å². The van der Waals surface area contributed by atoms with Crippen molar-refractivity contribution in [2.24, 2.45) is 4.99 Å². The molecule has 0 bridgehead atoms. The van der Waals surface area contributed by atoms with Crippen molar-refractivity contribution in [3.8, 4) is 0 Å². The number of hydrogen-bond acceptors (Lipinski definition) is 1. The minimum absolute atomic E-state index is 0. The summed E-state index contributed by atoms with van der Waals surface area (Å²) in [6.45, 7) is 1.20. The monoisotopic (exact) mass is 477 g/mol. The highest BCUT2D eigenvalue weighted by Crippen LogP contribution is 2.10. The van der Waals surface area contributed by atoms with Crippen molar-refractivity contribution >= 4 is 45.9 Å². The first-order chi connectivity index (χ1) is 10.2. The molecule has 118 valence electrons. The maximum atomic E-state index is 13.1. The van der Waals surface area contributed by atoms with Crippen molar-refractivity contribution in [1.82, 2.24) is 10.6 Å². The minimum atomic E-state index is -0.230. The molecule has 2 aromatic carbocycles. The van der Waals surface area contributed by atoms with Crippen LogP contribution in [0, 0.1) is 5.82 Å². The van der Waals surface area contributed by atoms with E-state index < -0.39 is 0 Å². The van der Waals surface area contributed by atoms with Crippen LogP contribution in [0.5, 0.6) is 0 Å². The SMILES string of the molecule is CN=C(NCc1ccc(Br)cc1)NCc1cccc(F)c1.I. The lowest BCUT2D eigenvalue weighted by molar-refractivity contribution is 0.624. The average Bonchev–Trinajstić information content (AvgIpc) is 2.49. The van der Waals surface area contributed by atoms with Crippen molar-refractivity contribution in [2.75, 3.05) is 7.05 Å². The topological polar surface area (TPSA) is 36.4 Å². The molecule has 0 unspecified atom stereocenters. The van der Waals surface area contributed by atoms with Gasteiger partial charge in [-0.2, -0.15) is 0 Å². The standard InChI is InChI=1S/C16H17BrFN3.HI/c1-19-16(20-10-12-5-7-14(17)8-6-12)21-11-13-3-2-4-15(18)9-13;/h2-9H,10-11H2,1H3,(H2,19,20,21);1H. The van der Waals surface area contributed by atoms with E-state index in [4.69, 9.17) is 0 Å². The molecule has 0 saturated heterocycles. The zero-order valence-corrected chi connectivity index (χ0v) is 16.1. The van der Waals surface area contributed by atoms with Crippen LogP contribution in [0.4, 0.5) is 4.39 Å². The molecule has 0 heterocycles. The van der Waals surface area contributed by atoms with E-state index in [1.807, 2.05) is 30.3 Å². The first kappa shape index (κ1) is 18.9. The molecule has 6 heteroatoms. The molecule has 0 aliphatic rings. The van der Waals surface area contributed by atoms with E-state index >= 15 is 0 Å². The summed E-state index contributed by atoms with van der Waals surface area (Å²) in [6, 6.07) is 14.6. The molecule has 22 heavy (non-hydrogen) atoms. The van der Waals surface area contributed by atoms with Crippen molar-refractivity contribution in [2.45, 2.75) is 13.1 Å². The molecule has 0 spiro atoms. The van der Waals surface area contributed by atoms with Crippen LogP contribution >= 0.6 is 39.9 Å². The van der Waals surface area contributed by atoms with E-state index in [0.29, 0.717) is 19.0 Å². The third kappa shape index (κ3) is 6.31. The zero-order valence-electron chi connectivity index (χ0n) is 12.1. The highest BCUT2D eigenvalue weighted by molar-refractivity contribution is 14.0. The number of halogens is 3. The van der Waals surface area contributed by atoms with Crippen molar-refractivity contribution < 1.29 is 4.39 Å². The molecule has 0 aliphatic heterocycles. The van der Waals surface area contributed by atoms with Crippen molar-refractivity contribution in [3.05, 3.63) is 69.9 Å². The summed E-state index contributed by atoms with van der Waals surface area (Å²) in [7, 11) is 1.71. The lowest BCUT2D eigenvalue weighted by atomic mass is 10.2. The van der Waals surface area contributed by atoms with Crippen LogP contribution in [-0.4, -0.2) is 13.0 Å². The summed E-state index contributed by atoms with van der Waals surface area (Å²) in [5.74, 6) is 0.453. The Bertz CT molecular complexity index is 617. The second kappa shape index (κ2) is 9.78. The van der Waals surface area contributed by atoms with Crippen LogP contribution in [0.3, 0.4) is 0 Å². The molecule has 2 rings (SSSR count). The highest BCUT2D eigenvalue weighted by Gasteiger charge is 2.00. The number of benzene rings is 2. The number of guanidine groups is 1. The van der Waals surface area contributed by atoms with Gasteiger partial charge in [0.15, 0.2) is 5.96 Å². The summed E-state index contributed by atoms with van der Waals surface area (Å²) in [5.41, 5.74) is 2.04. The van der Waals surface area contributed by atoms with Gasteiger partial charge in [-0.15, -0.1) is 24.0 Å². The van der Waals surface area contributed by atoms with Crippen molar-refractivity contribution in [3.63, 3.8) is 0 Å². The highest BCUT2D eigenvalue weighted by atomic mass is 127. The van der Waals surface area contributed by atoms with Gasteiger partial charge in [0, 0.05) is 24.6 Å². The maximum Gasteiger partial charge on any atom is 0.191 e. The van der Waals surface area contributed by atoms with Gasteiger partial charge in [-0.25, -0.2) is 4.39 Å². The molecule has 2 N–H and O–H groups in total. The summed E-state index contributed by atoms with van der Waals surface area (Å²) in [6.07, 6.45) is 0. The summed E-state index contributed by atoms with van der Waals surface area (Å²) in [5, 5.41) is 6.38. The van der Waals surface area contributed by atoms with E-state index in [0.717, 1.165) is 15.6 Å². The Kier molecular flexibility index (Phi) is 8.40. The molecule has 0 amide bonds. The number of hydrogen-bond donors (Lipinski definition) is 2. The molecule has 0 saturated carbocycles. The van der Waals surface area contributed by atoms with E-state index in [1.165, 1.54) is 12.1 Å². The Balaban J connectivity index is 0.00000242. The molecule has 0 fully saturated rings. The molecular weight excluding hydrogens is 460 g/mol. The smallest absolute Gasteiger partial charge is 0.191 e. The lowest BCUT2D eigenvalue weighted by Crippen LogP contribution is -2.36. The molecule has 3 nitrogen and oxygen atoms in total. The Hall–Kier alpha value is -1.15. The van der Waals surface area contributed by atoms with Gasteiger partial charge in [0.25, 0.3) is 0 Å². The van der Waals surface area contributed by atoms with Gasteiger partial charge >= 0.3 is 0 Å². The van der Waals surface area contributed by atoms with E-state index in [1.54, 1.807) is 13.1 Å². The second-order valence-corrected chi connectivity index (χ2v) is 5.45. The van der Waals surface area contributed by atoms with Gasteiger partial charge in [0.2, 0.25) is 0 Å². The third-order valence-corrected chi connectivity index (χ3v) is 3.47. The van der Waals surface area contributed by atoms with Crippen LogP contribution in [0.25, 0.3) is 0 Å². The number of nitrogens with one attached hydrogen (secondary N) is 2. The first-order valence-corrected chi connectivity index (χ1v) is 7.40. The lowest BCUT2D eigenvalue weighted by Gasteiger charge is -2.12. The third-order valence-electron chi connectivity index (χ3n) is 2.95. The first-order valence-electron chi connectivity index (χ1n) is 6.61. The largest absolute Gasteiger partial charge is 0.352 e. The fourth-order valence-corrected chi connectivity index (χ4v) is 2.11. The van der Waals surface area contributed by atoms with Crippen LogP contribution in [0.1, 0.15) is 11.1 Å². The van der Waals surface area contributed by atoms with E-state index in [9.17, 15) is 4.39 Å². The number of aliphatic imine (C=N–C) groups is 1. The Morgan fingerprint density at radius 3 is 2.27 bits per heavy atom. The minimum Gasteiger partial charge on any atom is -0.352 e. The van der Waals surface area contributed by atoms with E-state index in [-0.39, 0.29) is 29.8 Å². The molecule has 0 aliphatic carbocycles. The maximum absolute atomic E-state index is 13.1. The van der Waals surface area contributed by atoms with Gasteiger partial charge in [0.05, 0.1) is 0 Å². The molecule has 2 aromatic rings. The fraction of sp³-hybridized carbons (Fsp3) is 0.188. The molecule has 0 radical (unpaired) electrons. The average molecular weight is 478 g/mol. The van der Waals surface area contributed by atoms with Crippen molar-refractivity contribution in [1.29, 1.82) is 0 Å². The van der Waals surface area contributed by atoms with Crippen LogP contribution in [0.15, 0.2) is 58.0 Å². The predicted molar refractivity (Wildman–Crippen MR) is 103 cm³/mol. The van der Waals surface area contributed by atoms with Gasteiger partial charge in [-0.05, 0) is 35.4 Å². The second-order valence-electron chi connectivity index (χ2n) is 4.54. The van der Waals surface area contributed by atoms with Gasteiger partial charge in [-0.1, -0.05) is 40.2 Å². The Morgan fingerprint density at radius 2 is 1.68 bits per heavy atom. The normalized spacial score (nSPS) is 10.8. The van der Waals surface area contributed by atoms with E-state index in [2.05, 4.69) is 31.6 Å². The quantitative estimate of drug-likeness (QED) is 0.395. The summed E-state index contributed by atoms with van der Waals surface area (Å²) in [4.78, 5) is 4.15. The zero-order chi connectivity index (χ0) is 15.1. The molecule has 0 aromatic heterocycles. The summed E-state index contributed by atoms with van der Waals surface area (Å²) >= 11 is 3.41. The predicted octanol–water partition coefficient (Wildman–Crippen LogP) is 4.07. The fourth-order valence-electron chi connectivity index (χ4n) is 1.84. The molecule has 0 atom stereocenters. The van der Waals surface area contributed by atoms with Gasteiger partial charge in [-0.3, -0.25) is 4.99 Å². The number of rotatable bonds is 4.